The first kappa shape index (κ1) is 9.31. The van der Waals surface area contributed by atoms with Gasteiger partial charge in [-0.25, -0.2) is 0 Å². The fourth-order valence-corrected chi connectivity index (χ4v) is 1.04. The Labute approximate surface area is 83.3 Å². The number of Topliss-reactive ketones (excluding diaryl/α,β-unsaturated/α-hetero) is 1. The van der Waals surface area contributed by atoms with Crippen molar-refractivity contribution >= 4 is 32.2 Å². The van der Waals surface area contributed by atoms with Gasteiger partial charge in [0.2, 0.25) is 3.79 Å². The van der Waals surface area contributed by atoms with Crippen molar-refractivity contribution in [3.63, 3.8) is 0 Å². The molecule has 0 aliphatic carbocycles. The van der Waals surface area contributed by atoms with Crippen molar-refractivity contribution in [1.82, 2.24) is 4.98 Å². The molecule has 1 rings (SSSR count). The van der Waals surface area contributed by atoms with Gasteiger partial charge >= 0.3 is 0 Å². The topological polar surface area (TPSA) is 47.0 Å². The van der Waals surface area contributed by atoms with Gasteiger partial charge in [0.25, 0.3) is 0 Å². The molecule has 0 aliphatic rings. The van der Waals surface area contributed by atoms with Gasteiger partial charge in [-0.2, -0.15) is 0 Å². The molecule has 0 N–H and O–H groups in total. The Balaban J connectivity index is 3.01. The zero-order valence-electron chi connectivity index (χ0n) is 6.37. The van der Waals surface area contributed by atoms with Crippen molar-refractivity contribution in [3.8, 4) is 0 Å². The average Bonchev–Trinajstić information content (AvgIpc) is 2.04. The summed E-state index contributed by atoms with van der Waals surface area (Å²) in [6.07, 6.45) is 1.41. The van der Waals surface area contributed by atoms with E-state index in [0.717, 1.165) is 0 Å². The van der Waals surface area contributed by atoms with Crippen molar-refractivity contribution < 1.29 is 9.59 Å². The summed E-state index contributed by atoms with van der Waals surface area (Å²) in [7, 11) is 0. The maximum absolute atomic E-state index is 10.8. The number of hydrogen-bond donors (Lipinski definition) is 0. The van der Waals surface area contributed by atoms with Crippen molar-refractivity contribution in [2.24, 2.45) is 0 Å². The summed E-state index contributed by atoms with van der Waals surface area (Å²) in [6, 6.07) is 3.15. The van der Waals surface area contributed by atoms with E-state index in [4.69, 9.17) is 0 Å². The lowest BCUT2D eigenvalue weighted by atomic mass is 10.2. The van der Waals surface area contributed by atoms with Gasteiger partial charge in [-0.1, -0.05) is 0 Å². The van der Waals surface area contributed by atoms with E-state index >= 15 is 0 Å². The monoisotopic (exact) mass is 275 g/mol. The van der Waals surface area contributed by atoms with Gasteiger partial charge in [-0.15, -0.1) is 0 Å². The van der Waals surface area contributed by atoms with Crippen molar-refractivity contribution in [3.05, 3.63) is 29.6 Å². The first-order valence-electron chi connectivity index (χ1n) is 3.28. The predicted octanol–water partition coefficient (Wildman–Crippen LogP) is 1.86. The molecule has 12 heavy (non-hydrogen) atoms. The maximum atomic E-state index is 10.8. The third-order valence-corrected chi connectivity index (χ3v) is 1.92. The van der Waals surface area contributed by atoms with Crippen LogP contribution in [0.1, 0.15) is 27.8 Å². The lowest BCUT2D eigenvalue weighted by molar-refractivity contribution is 0.101. The van der Waals surface area contributed by atoms with E-state index in [2.05, 4.69) is 4.98 Å². The number of nitrogens with zero attached hydrogens (tertiary/aromatic N) is 1. The normalized spacial score (nSPS) is 9.50. The minimum absolute atomic E-state index is 0.0463. The molecule has 0 bridgehead atoms. The Morgan fingerprint density at radius 3 is 2.42 bits per heavy atom. The Morgan fingerprint density at radius 2 is 2.08 bits per heavy atom. The number of pyridine rings is 1. The van der Waals surface area contributed by atoms with Crippen LogP contribution in [-0.2, 0) is 0 Å². The fraction of sp³-hybridized carbons (Fsp3) is 0.125. The van der Waals surface area contributed by atoms with Crippen LogP contribution in [0.2, 0.25) is 0 Å². The van der Waals surface area contributed by atoms with Crippen LogP contribution in [-0.4, -0.2) is 14.6 Å². The smallest absolute Gasteiger partial charge is 0.240 e. The number of carbonyl (C=O) groups excluding carboxylic acids is 2. The Morgan fingerprint density at radius 1 is 1.42 bits per heavy atom. The second-order valence-electron chi connectivity index (χ2n) is 2.26. The van der Waals surface area contributed by atoms with E-state index in [-0.39, 0.29) is 9.57 Å². The Bertz CT molecular complexity index is 285. The molecule has 0 aromatic carbocycles. The number of ketones is 1. The highest BCUT2D eigenvalue weighted by Crippen LogP contribution is 2.04. The SMILES string of the molecule is CC(=O)c1ccc(C(=O)I)nc1. The first-order chi connectivity index (χ1) is 5.61. The van der Waals surface area contributed by atoms with Gasteiger partial charge in [-0.3, -0.25) is 14.6 Å². The largest absolute Gasteiger partial charge is 0.294 e. The molecule has 0 fully saturated rings. The highest BCUT2D eigenvalue weighted by molar-refractivity contribution is 14.1. The van der Waals surface area contributed by atoms with E-state index < -0.39 is 0 Å². The fourth-order valence-electron chi connectivity index (χ4n) is 0.718. The lowest BCUT2D eigenvalue weighted by Gasteiger charge is -1.94. The summed E-state index contributed by atoms with van der Waals surface area (Å²) < 4.78 is -0.122. The molecule has 0 amide bonds. The third-order valence-electron chi connectivity index (χ3n) is 1.37. The summed E-state index contributed by atoms with van der Waals surface area (Å²) in [5, 5.41) is 0. The van der Waals surface area contributed by atoms with Gasteiger partial charge in [0.15, 0.2) is 5.78 Å². The van der Waals surface area contributed by atoms with Crippen LogP contribution in [0.4, 0.5) is 0 Å². The van der Waals surface area contributed by atoms with Crippen molar-refractivity contribution in [2.45, 2.75) is 6.92 Å². The highest BCUT2D eigenvalue weighted by atomic mass is 127. The summed E-state index contributed by atoms with van der Waals surface area (Å²) in [5.74, 6) is -0.0463. The molecule has 0 unspecified atom stereocenters. The number of carbonyl (C=O) groups is 2. The molecular formula is C8H6INO2. The highest BCUT2D eigenvalue weighted by Gasteiger charge is 2.03. The van der Waals surface area contributed by atoms with Crippen LogP contribution in [0.15, 0.2) is 18.3 Å². The number of hydrogen-bond acceptors (Lipinski definition) is 3. The number of halogens is 1. The molecule has 62 valence electrons. The van der Waals surface area contributed by atoms with E-state index in [1.54, 1.807) is 34.7 Å². The van der Waals surface area contributed by atoms with Crippen LogP contribution in [0.5, 0.6) is 0 Å². The van der Waals surface area contributed by atoms with Crippen molar-refractivity contribution in [1.29, 1.82) is 0 Å². The molecule has 4 heteroatoms. The minimum Gasteiger partial charge on any atom is -0.294 e. The minimum atomic E-state index is -0.122. The van der Waals surface area contributed by atoms with Crippen LogP contribution in [0.25, 0.3) is 0 Å². The lowest BCUT2D eigenvalue weighted by Crippen LogP contribution is -1.97. The Hall–Kier alpha value is -0.780. The van der Waals surface area contributed by atoms with Gasteiger partial charge in [0, 0.05) is 34.4 Å². The summed E-state index contributed by atoms with van der Waals surface area (Å²) in [4.78, 5) is 25.4. The maximum Gasteiger partial charge on any atom is 0.240 e. The molecule has 0 saturated heterocycles. The molecule has 1 aromatic heterocycles. The summed E-state index contributed by atoms with van der Waals surface area (Å²) >= 11 is 1.65. The molecule has 0 saturated carbocycles. The molecule has 0 spiro atoms. The molecule has 0 radical (unpaired) electrons. The molecule has 3 nitrogen and oxygen atoms in total. The zero-order valence-corrected chi connectivity index (χ0v) is 8.53. The molecule has 0 aliphatic heterocycles. The van der Waals surface area contributed by atoms with Crippen LogP contribution in [0.3, 0.4) is 0 Å². The van der Waals surface area contributed by atoms with E-state index in [0.29, 0.717) is 11.3 Å². The van der Waals surface area contributed by atoms with Crippen LogP contribution in [0, 0.1) is 0 Å². The van der Waals surface area contributed by atoms with Gasteiger partial charge in [-0.05, 0) is 19.1 Å². The Kier molecular flexibility index (Phi) is 2.91. The van der Waals surface area contributed by atoms with Gasteiger partial charge in [0.1, 0.15) is 5.69 Å². The third kappa shape index (κ3) is 2.10. The van der Waals surface area contributed by atoms with Crippen molar-refractivity contribution in [2.75, 3.05) is 0 Å². The quantitative estimate of drug-likeness (QED) is 0.470. The molecule has 1 aromatic rings. The van der Waals surface area contributed by atoms with E-state index in [1.807, 2.05) is 0 Å². The van der Waals surface area contributed by atoms with E-state index in [1.165, 1.54) is 13.1 Å². The van der Waals surface area contributed by atoms with E-state index in [9.17, 15) is 9.59 Å². The predicted molar refractivity (Wildman–Crippen MR) is 52.6 cm³/mol. The van der Waals surface area contributed by atoms with Gasteiger partial charge in [0.05, 0.1) is 0 Å². The second-order valence-corrected chi connectivity index (χ2v) is 3.24. The average molecular weight is 275 g/mol. The molecular weight excluding hydrogens is 269 g/mol. The molecule has 1 heterocycles. The van der Waals surface area contributed by atoms with Gasteiger partial charge < -0.3 is 0 Å². The number of aromatic nitrogens is 1. The standard InChI is InChI=1S/C8H6INO2/c1-5(11)6-2-3-7(8(9)12)10-4-6/h2-4H,1H3. The number of rotatable bonds is 2. The van der Waals surface area contributed by atoms with Crippen LogP contribution >= 0.6 is 22.6 Å². The molecule has 0 atom stereocenters. The summed E-state index contributed by atoms with van der Waals surface area (Å²) in [5.41, 5.74) is 0.900. The zero-order chi connectivity index (χ0) is 9.14. The first-order valence-corrected chi connectivity index (χ1v) is 4.36. The summed E-state index contributed by atoms with van der Waals surface area (Å²) in [6.45, 7) is 1.46. The van der Waals surface area contributed by atoms with Crippen LogP contribution < -0.4 is 0 Å². The second kappa shape index (κ2) is 3.75.